The Hall–Kier alpha value is -1.33. The van der Waals surface area contributed by atoms with Gasteiger partial charge in [-0.25, -0.2) is 0 Å². The van der Waals surface area contributed by atoms with Crippen molar-refractivity contribution >= 4 is 0 Å². The van der Waals surface area contributed by atoms with Crippen molar-refractivity contribution in [1.82, 2.24) is 4.90 Å². The van der Waals surface area contributed by atoms with Crippen LogP contribution in [0, 0.1) is 17.2 Å². The summed E-state index contributed by atoms with van der Waals surface area (Å²) in [5.41, 5.74) is 0.965. The van der Waals surface area contributed by atoms with E-state index in [2.05, 4.69) is 49.1 Å². The Morgan fingerprint density at radius 1 is 1.22 bits per heavy atom. The van der Waals surface area contributed by atoms with Crippen LogP contribution in [0.25, 0.3) is 0 Å². The van der Waals surface area contributed by atoms with Gasteiger partial charge in [0.25, 0.3) is 0 Å². The van der Waals surface area contributed by atoms with Crippen LogP contribution in [0.1, 0.15) is 32.3 Å². The zero-order chi connectivity index (χ0) is 13.6. The van der Waals surface area contributed by atoms with Gasteiger partial charge in [0.15, 0.2) is 0 Å². The molecule has 98 valence electrons. The van der Waals surface area contributed by atoms with Crippen LogP contribution in [0.5, 0.6) is 0 Å². The van der Waals surface area contributed by atoms with Gasteiger partial charge < -0.3 is 0 Å². The van der Waals surface area contributed by atoms with Crippen LogP contribution in [0.3, 0.4) is 0 Å². The molecule has 0 amide bonds. The van der Waals surface area contributed by atoms with E-state index in [9.17, 15) is 5.26 Å². The molecular formula is C16H24N2. The Morgan fingerprint density at radius 2 is 1.83 bits per heavy atom. The van der Waals surface area contributed by atoms with Gasteiger partial charge in [-0.15, -0.1) is 0 Å². The van der Waals surface area contributed by atoms with E-state index in [1.54, 1.807) is 0 Å². The van der Waals surface area contributed by atoms with Crippen molar-refractivity contribution in [2.75, 3.05) is 14.1 Å². The van der Waals surface area contributed by atoms with Crippen LogP contribution < -0.4 is 0 Å². The summed E-state index contributed by atoms with van der Waals surface area (Å²) in [5.74, 6) is 0.530. The lowest BCUT2D eigenvalue weighted by molar-refractivity contribution is 0.170. The van der Waals surface area contributed by atoms with Gasteiger partial charge in [0, 0.05) is 0 Å². The molecule has 0 aliphatic rings. The lowest BCUT2D eigenvalue weighted by atomic mass is 9.84. The van der Waals surface area contributed by atoms with Crippen LogP contribution in [0.15, 0.2) is 30.3 Å². The molecule has 1 aromatic carbocycles. The molecule has 0 aliphatic carbocycles. The van der Waals surface area contributed by atoms with E-state index >= 15 is 0 Å². The van der Waals surface area contributed by atoms with Crippen LogP contribution in [-0.2, 0) is 6.42 Å². The summed E-state index contributed by atoms with van der Waals surface area (Å²) in [6, 6.07) is 12.9. The van der Waals surface area contributed by atoms with Gasteiger partial charge in [0.1, 0.15) is 5.54 Å². The molecule has 0 saturated carbocycles. The second-order valence-electron chi connectivity index (χ2n) is 5.62. The molecule has 0 saturated heterocycles. The number of hydrogen-bond donors (Lipinski definition) is 0. The molecule has 0 spiro atoms. The zero-order valence-electron chi connectivity index (χ0n) is 12.0. The largest absolute Gasteiger partial charge is 0.292 e. The Morgan fingerprint density at radius 3 is 2.28 bits per heavy atom. The summed E-state index contributed by atoms with van der Waals surface area (Å²) in [6.07, 6.45) is 2.77. The Balaban J connectivity index is 2.76. The first-order chi connectivity index (χ1) is 8.50. The SMILES string of the molecule is CC(C)CC(C#N)(CCc1ccccc1)N(C)C. The molecule has 0 fully saturated rings. The fraction of sp³-hybridized carbons (Fsp3) is 0.562. The van der Waals surface area contributed by atoms with Gasteiger partial charge in [-0.3, -0.25) is 4.90 Å². The molecule has 0 radical (unpaired) electrons. The van der Waals surface area contributed by atoms with Gasteiger partial charge in [-0.05, 0) is 44.8 Å². The van der Waals surface area contributed by atoms with Crippen LogP contribution in [-0.4, -0.2) is 24.5 Å². The average Bonchev–Trinajstić information content (AvgIpc) is 2.35. The second kappa shape index (κ2) is 6.56. The van der Waals surface area contributed by atoms with Crippen molar-refractivity contribution in [3.05, 3.63) is 35.9 Å². The molecule has 0 bridgehead atoms. The van der Waals surface area contributed by atoms with Gasteiger partial charge in [0.2, 0.25) is 0 Å². The van der Waals surface area contributed by atoms with Crippen LogP contribution >= 0.6 is 0 Å². The molecule has 18 heavy (non-hydrogen) atoms. The van der Waals surface area contributed by atoms with Crippen molar-refractivity contribution in [3.8, 4) is 6.07 Å². The number of rotatable bonds is 6. The highest BCUT2D eigenvalue weighted by Gasteiger charge is 2.32. The van der Waals surface area contributed by atoms with Gasteiger partial charge >= 0.3 is 0 Å². The van der Waals surface area contributed by atoms with Crippen molar-refractivity contribution in [3.63, 3.8) is 0 Å². The summed E-state index contributed by atoms with van der Waals surface area (Å²) in [6.45, 7) is 4.36. The maximum atomic E-state index is 9.58. The molecule has 1 rings (SSSR count). The summed E-state index contributed by atoms with van der Waals surface area (Å²) >= 11 is 0. The minimum Gasteiger partial charge on any atom is -0.292 e. The monoisotopic (exact) mass is 244 g/mol. The van der Waals surface area contributed by atoms with Crippen molar-refractivity contribution in [2.24, 2.45) is 5.92 Å². The molecule has 1 unspecified atom stereocenters. The lowest BCUT2D eigenvalue weighted by Gasteiger charge is -2.35. The third-order valence-corrected chi connectivity index (χ3v) is 3.48. The summed E-state index contributed by atoms with van der Waals surface area (Å²) in [5, 5.41) is 9.58. The molecule has 0 N–H and O–H groups in total. The lowest BCUT2D eigenvalue weighted by Crippen LogP contribution is -2.44. The summed E-state index contributed by atoms with van der Waals surface area (Å²) < 4.78 is 0. The van der Waals surface area contributed by atoms with Gasteiger partial charge in [0.05, 0.1) is 6.07 Å². The topological polar surface area (TPSA) is 27.0 Å². The molecule has 2 heteroatoms. The highest BCUT2D eigenvalue weighted by Crippen LogP contribution is 2.27. The normalized spacial score (nSPS) is 14.5. The molecular weight excluding hydrogens is 220 g/mol. The Bertz CT molecular complexity index is 389. The van der Waals surface area contributed by atoms with E-state index in [-0.39, 0.29) is 5.54 Å². The summed E-state index contributed by atoms with van der Waals surface area (Å²) in [7, 11) is 4.02. The molecule has 0 heterocycles. The van der Waals surface area contributed by atoms with Crippen LogP contribution in [0.4, 0.5) is 0 Å². The van der Waals surface area contributed by atoms with Gasteiger partial charge in [-0.2, -0.15) is 5.26 Å². The predicted octanol–water partition coefficient (Wildman–Crippen LogP) is 3.49. The molecule has 2 nitrogen and oxygen atoms in total. The Kier molecular flexibility index (Phi) is 5.37. The quantitative estimate of drug-likeness (QED) is 0.766. The first kappa shape index (κ1) is 14.7. The molecule has 0 aromatic heterocycles. The zero-order valence-corrected chi connectivity index (χ0v) is 12.0. The average molecular weight is 244 g/mol. The Labute approximate surface area is 111 Å². The molecule has 0 aliphatic heterocycles. The maximum absolute atomic E-state index is 9.58. The minimum absolute atomic E-state index is 0.343. The van der Waals surface area contributed by atoms with E-state index in [1.165, 1.54) is 5.56 Å². The first-order valence-corrected chi connectivity index (χ1v) is 6.63. The standard InChI is InChI=1S/C16H24N2/c1-14(2)12-16(13-17,18(3)4)11-10-15-8-6-5-7-9-15/h5-9,14H,10-12H2,1-4H3. The van der Waals surface area contributed by atoms with Gasteiger partial charge in [-0.1, -0.05) is 44.2 Å². The number of nitrogens with zero attached hydrogens (tertiary/aromatic N) is 2. The minimum atomic E-state index is -0.343. The fourth-order valence-electron chi connectivity index (χ4n) is 2.38. The highest BCUT2D eigenvalue weighted by atomic mass is 15.1. The number of hydrogen-bond acceptors (Lipinski definition) is 2. The van der Waals surface area contributed by atoms with Crippen molar-refractivity contribution in [1.29, 1.82) is 5.26 Å². The second-order valence-corrected chi connectivity index (χ2v) is 5.62. The van der Waals surface area contributed by atoms with Crippen LogP contribution in [0.2, 0.25) is 0 Å². The van der Waals surface area contributed by atoms with E-state index < -0.39 is 0 Å². The highest BCUT2D eigenvalue weighted by molar-refractivity contribution is 5.17. The maximum Gasteiger partial charge on any atom is 0.109 e. The van der Waals surface area contributed by atoms with Crippen molar-refractivity contribution in [2.45, 2.75) is 38.6 Å². The summed E-state index contributed by atoms with van der Waals surface area (Å²) in [4.78, 5) is 2.08. The third-order valence-electron chi connectivity index (χ3n) is 3.48. The van der Waals surface area contributed by atoms with E-state index in [0.717, 1.165) is 19.3 Å². The first-order valence-electron chi connectivity index (χ1n) is 6.63. The molecule has 1 aromatic rings. The third kappa shape index (κ3) is 3.85. The van der Waals surface area contributed by atoms with E-state index in [0.29, 0.717) is 5.92 Å². The number of nitriles is 1. The van der Waals surface area contributed by atoms with Crippen molar-refractivity contribution < 1.29 is 0 Å². The smallest absolute Gasteiger partial charge is 0.109 e. The number of benzene rings is 1. The van der Waals surface area contributed by atoms with E-state index in [1.807, 2.05) is 20.2 Å². The number of aryl methyl sites for hydroxylation is 1. The van der Waals surface area contributed by atoms with E-state index in [4.69, 9.17) is 0 Å². The fourth-order valence-corrected chi connectivity index (χ4v) is 2.38. The predicted molar refractivity (Wildman–Crippen MR) is 76.2 cm³/mol. The molecule has 1 atom stereocenters.